The Labute approximate surface area is 209 Å². The summed E-state index contributed by atoms with van der Waals surface area (Å²) in [6.45, 7) is 4.22. The summed E-state index contributed by atoms with van der Waals surface area (Å²) < 4.78 is 1.63. The molecule has 1 saturated heterocycles. The number of aliphatic carboxylic acids is 1. The summed E-state index contributed by atoms with van der Waals surface area (Å²) in [4.78, 5) is 42.8. The zero-order chi connectivity index (χ0) is 25.7. The van der Waals surface area contributed by atoms with Crippen LogP contribution in [0.4, 0.5) is 16.3 Å². The lowest BCUT2D eigenvalue weighted by atomic mass is 9.94. The molecular formula is C26H30N6O4. The Morgan fingerprint density at radius 3 is 2.56 bits per heavy atom. The van der Waals surface area contributed by atoms with Crippen molar-refractivity contribution in [1.29, 1.82) is 0 Å². The smallest absolute Gasteiger partial charge is 0.324 e. The standard InChI is InChI=1S/C26H30N6O4/c1-26(2,24(34)35)17-31-16-19(15-28-31)21-9-6-12-32(21)23(33)13-18-10-11-22(27-14-18)30-25(36)29-20-7-4-3-5-8-20/h3-5,7-8,10-11,14-16,21H,6,9,12-13,17H2,1-2H3,(H,34,35)(H2,27,29,30,36). The van der Waals surface area contributed by atoms with E-state index in [1.807, 2.05) is 29.3 Å². The third-order valence-electron chi connectivity index (χ3n) is 6.20. The van der Waals surface area contributed by atoms with Gasteiger partial charge in [0.05, 0.1) is 30.6 Å². The van der Waals surface area contributed by atoms with Crippen molar-refractivity contribution in [2.24, 2.45) is 5.41 Å². The number of anilines is 2. The van der Waals surface area contributed by atoms with Gasteiger partial charge in [0.25, 0.3) is 0 Å². The van der Waals surface area contributed by atoms with Gasteiger partial charge in [-0.15, -0.1) is 0 Å². The number of aromatic nitrogens is 3. The van der Waals surface area contributed by atoms with Crippen LogP contribution in [0, 0.1) is 5.41 Å². The molecule has 1 atom stereocenters. The topological polar surface area (TPSA) is 129 Å². The molecule has 10 nitrogen and oxygen atoms in total. The van der Waals surface area contributed by atoms with Crippen molar-refractivity contribution in [1.82, 2.24) is 19.7 Å². The number of likely N-dealkylation sites (tertiary alicyclic amines) is 1. The van der Waals surface area contributed by atoms with Crippen molar-refractivity contribution < 1.29 is 19.5 Å². The Balaban J connectivity index is 1.34. The van der Waals surface area contributed by atoms with E-state index in [0.29, 0.717) is 18.1 Å². The summed E-state index contributed by atoms with van der Waals surface area (Å²) in [6, 6.07) is 12.1. The molecule has 3 aromatic rings. The number of amides is 3. The molecule has 0 aliphatic carbocycles. The lowest BCUT2D eigenvalue weighted by Gasteiger charge is -2.24. The number of carboxylic acids is 1. The number of pyridine rings is 1. The molecular weight excluding hydrogens is 460 g/mol. The number of carbonyl (C=O) groups is 3. The van der Waals surface area contributed by atoms with E-state index in [4.69, 9.17) is 0 Å². The van der Waals surface area contributed by atoms with Crippen molar-refractivity contribution in [3.8, 4) is 0 Å². The molecule has 10 heteroatoms. The van der Waals surface area contributed by atoms with E-state index in [-0.39, 0.29) is 24.9 Å². The van der Waals surface area contributed by atoms with Crippen molar-refractivity contribution >= 4 is 29.4 Å². The summed E-state index contributed by atoms with van der Waals surface area (Å²) in [7, 11) is 0. The molecule has 1 aliphatic heterocycles. The Morgan fingerprint density at radius 1 is 1.08 bits per heavy atom. The molecule has 1 aliphatic rings. The monoisotopic (exact) mass is 490 g/mol. The number of benzene rings is 1. The van der Waals surface area contributed by atoms with E-state index in [9.17, 15) is 19.5 Å². The second kappa shape index (κ2) is 10.6. The Bertz CT molecular complexity index is 1220. The summed E-state index contributed by atoms with van der Waals surface area (Å²) in [6.07, 6.45) is 7.06. The van der Waals surface area contributed by atoms with Crippen LogP contribution in [0.15, 0.2) is 61.1 Å². The van der Waals surface area contributed by atoms with Gasteiger partial charge in [-0.05, 0) is 50.5 Å². The average molecular weight is 491 g/mol. The summed E-state index contributed by atoms with van der Waals surface area (Å²) in [5.74, 6) is -0.514. The first-order chi connectivity index (χ1) is 17.2. The highest BCUT2D eigenvalue weighted by Gasteiger charge is 2.32. The van der Waals surface area contributed by atoms with E-state index >= 15 is 0 Å². The third-order valence-corrected chi connectivity index (χ3v) is 6.20. The van der Waals surface area contributed by atoms with Gasteiger partial charge in [-0.25, -0.2) is 9.78 Å². The van der Waals surface area contributed by atoms with E-state index < -0.39 is 17.4 Å². The molecule has 0 bridgehead atoms. The highest BCUT2D eigenvalue weighted by molar-refractivity contribution is 5.99. The van der Waals surface area contributed by atoms with Crippen LogP contribution in [-0.4, -0.2) is 49.2 Å². The van der Waals surface area contributed by atoms with Crippen molar-refractivity contribution in [2.45, 2.75) is 45.7 Å². The van der Waals surface area contributed by atoms with Crippen LogP contribution in [-0.2, 0) is 22.6 Å². The normalized spacial score (nSPS) is 15.5. The number of para-hydroxylation sites is 1. The second-order valence-electron chi connectivity index (χ2n) is 9.58. The quantitative estimate of drug-likeness (QED) is 0.439. The largest absolute Gasteiger partial charge is 0.481 e. The van der Waals surface area contributed by atoms with Crippen LogP contribution in [0.2, 0.25) is 0 Å². The van der Waals surface area contributed by atoms with Gasteiger partial charge in [0, 0.05) is 30.2 Å². The fraction of sp³-hybridized carbons (Fsp3) is 0.346. The molecule has 3 N–H and O–H groups in total. The molecule has 3 amide bonds. The summed E-state index contributed by atoms with van der Waals surface area (Å²) in [5, 5.41) is 19.1. The lowest BCUT2D eigenvalue weighted by Crippen LogP contribution is -2.32. The van der Waals surface area contributed by atoms with Crippen molar-refractivity contribution in [3.05, 3.63) is 72.2 Å². The van der Waals surface area contributed by atoms with Gasteiger partial charge in [-0.2, -0.15) is 5.10 Å². The first-order valence-corrected chi connectivity index (χ1v) is 11.8. The predicted molar refractivity (Wildman–Crippen MR) is 134 cm³/mol. The molecule has 3 heterocycles. The van der Waals surface area contributed by atoms with Crippen LogP contribution in [0.3, 0.4) is 0 Å². The second-order valence-corrected chi connectivity index (χ2v) is 9.58. The molecule has 2 aromatic heterocycles. The van der Waals surface area contributed by atoms with Gasteiger partial charge in [0.1, 0.15) is 5.82 Å². The minimum Gasteiger partial charge on any atom is -0.481 e. The van der Waals surface area contributed by atoms with Gasteiger partial charge >= 0.3 is 12.0 Å². The molecule has 1 aromatic carbocycles. The molecule has 1 unspecified atom stereocenters. The predicted octanol–water partition coefficient (Wildman–Crippen LogP) is 3.94. The van der Waals surface area contributed by atoms with E-state index in [0.717, 1.165) is 24.0 Å². The first kappa shape index (κ1) is 24.9. The highest BCUT2D eigenvalue weighted by atomic mass is 16.4. The number of urea groups is 1. The van der Waals surface area contributed by atoms with Gasteiger partial charge in [0.2, 0.25) is 5.91 Å². The highest BCUT2D eigenvalue weighted by Crippen LogP contribution is 2.32. The number of rotatable bonds is 8. The maximum absolute atomic E-state index is 13.1. The van der Waals surface area contributed by atoms with Crippen molar-refractivity contribution in [3.63, 3.8) is 0 Å². The van der Waals surface area contributed by atoms with Crippen LogP contribution < -0.4 is 10.6 Å². The SMILES string of the molecule is CC(C)(Cn1cc(C2CCCN2C(=O)Cc2ccc(NC(=O)Nc3ccccc3)nc2)cn1)C(=O)O. The van der Waals surface area contributed by atoms with Crippen LogP contribution in [0.5, 0.6) is 0 Å². The summed E-state index contributed by atoms with van der Waals surface area (Å²) in [5.41, 5.74) is 1.39. The number of hydrogen-bond donors (Lipinski definition) is 3. The van der Waals surface area contributed by atoms with Gasteiger partial charge in [-0.1, -0.05) is 24.3 Å². The van der Waals surface area contributed by atoms with Gasteiger partial charge in [0.15, 0.2) is 0 Å². The number of carboxylic acid groups (broad SMARTS) is 1. The third kappa shape index (κ3) is 6.07. The van der Waals surface area contributed by atoms with Crippen LogP contribution in [0.25, 0.3) is 0 Å². The number of hydrogen-bond acceptors (Lipinski definition) is 5. The van der Waals surface area contributed by atoms with E-state index in [1.165, 1.54) is 0 Å². The molecule has 188 valence electrons. The van der Waals surface area contributed by atoms with E-state index in [2.05, 4.69) is 20.7 Å². The number of nitrogens with one attached hydrogen (secondary N) is 2. The maximum atomic E-state index is 13.1. The van der Waals surface area contributed by atoms with E-state index in [1.54, 1.807) is 55.2 Å². The first-order valence-electron chi connectivity index (χ1n) is 11.8. The van der Waals surface area contributed by atoms with Gasteiger partial charge in [-0.3, -0.25) is 19.6 Å². The fourth-order valence-electron chi connectivity index (χ4n) is 4.20. The number of carbonyl (C=O) groups excluding carboxylic acids is 2. The Hall–Kier alpha value is -4.21. The molecule has 1 fully saturated rings. The Kier molecular flexibility index (Phi) is 7.33. The Morgan fingerprint density at radius 2 is 1.86 bits per heavy atom. The van der Waals surface area contributed by atoms with Gasteiger partial charge < -0.3 is 15.3 Å². The zero-order valence-electron chi connectivity index (χ0n) is 20.3. The maximum Gasteiger partial charge on any atom is 0.324 e. The van der Waals surface area contributed by atoms with Crippen molar-refractivity contribution in [2.75, 3.05) is 17.2 Å². The molecule has 4 rings (SSSR count). The average Bonchev–Trinajstić information content (AvgIpc) is 3.50. The van der Waals surface area contributed by atoms with Crippen LogP contribution >= 0.6 is 0 Å². The minimum absolute atomic E-state index is 0.0135. The molecule has 0 saturated carbocycles. The van der Waals surface area contributed by atoms with Crippen LogP contribution in [0.1, 0.15) is 43.9 Å². The lowest BCUT2D eigenvalue weighted by molar-refractivity contribution is -0.147. The zero-order valence-corrected chi connectivity index (χ0v) is 20.3. The molecule has 36 heavy (non-hydrogen) atoms. The molecule has 0 radical (unpaired) electrons. The fourth-order valence-corrected chi connectivity index (χ4v) is 4.20. The minimum atomic E-state index is -0.940. The summed E-state index contributed by atoms with van der Waals surface area (Å²) >= 11 is 0. The molecule has 0 spiro atoms. The number of nitrogens with zero attached hydrogens (tertiary/aromatic N) is 4.